The van der Waals surface area contributed by atoms with Gasteiger partial charge in [-0.1, -0.05) is 18.2 Å². The van der Waals surface area contributed by atoms with Gasteiger partial charge in [0.05, 0.1) is 17.5 Å². The summed E-state index contributed by atoms with van der Waals surface area (Å²) in [6, 6.07) is 9.54. The normalized spacial score (nSPS) is 13.1. The molecule has 0 saturated heterocycles. The molecule has 7 heteroatoms. The van der Waals surface area contributed by atoms with Crippen molar-refractivity contribution in [3.63, 3.8) is 0 Å². The van der Waals surface area contributed by atoms with E-state index in [1.165, 1.54) is 30.3 Å². The van der Waals surface area contributed by atoms with E-state index < -0.39 is 23.4 Å². The van der Waals surface area contributed by atoms with Gasteiger partial charge in [0.15, 0.2) is 0 Å². The zero-order valence-electron chi connectivity index (χ0n) is 13.1. The molecule has 2 aromatic rings. The summed E-state index contributed by atoms with van der Waals surface area (Å²) in [4.78, 5) is 37.0. The second-order valence-electron chi connectivity index (χ2n) is 5.58. The molecular weight excluding hydrogens is 330 g/mol. The Morgan fingerprint density at radius 2 is 1.80 bits per heavy atom. The number of rotatable bonds is 5. The lowest BCUT2D eigenvalue weighted by Gasteiger charge is -2.14. The molecule has 2 aromatic carbocycles. The van der Waals surface area contributed by atoms with Gasteiger partial charge in [0, 0.05) is 13.1 Å². The van der Waals surface area contributed by atoms with E-state index in [4.69, 9.17) is 0 Å². The number of hydrogen-bond donors (Lipinski definition) is 1. The SMILES string of the molecule is O=C(Cc1cccc(F)c1)NCCN1C(=O)c2cccc(F)c2C1=O. The predicted octanol–water partition coefficient (Wildman–Crippen LogP) is 1.92. The Hall–Kier alpha value is -3.09. The van der Waals surface area contributed by atoms with E-state index in [2.05, 4.69) is 5.32 Å². The third kappa shape index (κ3) is 3.40. The summed E-state index contributed by atoms with van der Waals surface area (Å²) in [5.41, 5.74) is 0.301. The minimum Gasteiger partial charge on any atom is -0.354 e. The quantitative estimate of drug-likeness (QED) is 0.843. The van der Waals surface area contributed by atoms with Gasteiger partial charge in [-0.2, -0.15) is 0 Å². The number of halogens is 2. The number of amides is 3. The number of benzene rings is 2. The molecule has 1 heterocycles. The molecule has 3 amide bonds. The number of carbonyl (C=O) groups is 3. The highest BCUT2D eigenvalue weighted by atomic mass is 19.1. The Balaban J connectivity index is 1.56. The fourth-order valence-electron chi connectivity index (χ4n) is 2.70. The van der Waals surface area contributed by atoms with Gasteiger partial charge in [0.25, 0.3) is 11.8 Å². The van der Waals surface area contributed by atoms with E-state index in [0.717, 1.165) is 11.0 Å². The van der Waals surface area contributed by atoms with Crippen molar-refractivity contribution < 1.29 is 23.2 Å². The van der Waals surface area contributed by atoms with E-state index in [1.54, 1.807) is 6.07 Å². The van der Waals surface area contributed by atoms with Crippen molar-refractivity contribution in [2.45, 2.75) is 6.42 Å². The maximum atomic E-state index is 13.7. The predicted molar refractivity (Wildman–Crippen MR) is 84.9 cm³/mol. The summed E-state index contributed by atoms with van der Waals surface area (Å²) in [5, 5.41) is 2.56. The molecular formula is C18H14F2N2O3. The Morgan fingerprint density at radius 1 is 1.04 bits per heavy atom. The first-order chi connectivity index (χ1) is 12.0. The number of carbonyl (C=O) groups excluding carboxylic acids is 3. The molecule has 1 N–H and O–H groups in total. The van der Waals surface area contributed by atoms with Crippen LogP contribution in [0, 0.1) is 11.6 Å². The van der Waals surface area contributed by atoms with Crippen LogP contribution in [0.4, 0.5) is 8.78 Å². The highest BCUT2D eigenvalue weighted by molar-refractivity contribution is 6.21. The van der Waals surface area contributed by atoms with Gasteiger partial charge in [0.1, 0.15) is 11.6 Å². The van der Waals surface area contributed by atoms with Gasteiger partial charge in [-0.15, -0.1) is 0 Å². The zero-order valence-corrected chi connectivity index (χ0v) is 13.1. The molecule has 0 radical (unpaired) electrons. The third-order valence-electron chi connectivity index (χ3n) is 3.86. The third-order valence-corrected chi connectivity index (χ3v) is 3.86. The number of hydrogen-bond acceptors (Lipinski definition) is 3. The van der Waals surface area contributed by atoms with Crippen LogP contribution in [-0.4, -0.2) is 35.7 Å². The van der Waals surface area contributed by atoms with Crippen molar-refractivity contribution in [3.8, 4) is 0 Å². The standard InChI is InChI=1S/C18H14F2N2O3/c19-12-4-1-3-11(9-12)10-15(23)21-7-8-22-17(24)13-5-2-6-14(20)16(13)18(22)25/h1-6,9H,7-8,10H2,(H,21,23). The van der Waals surface area contributed by atoms with Gasteiger partial charge in [-0.05, 0) is 29.8 Å². The summed E-state index contributed by atoms with van der Waals surface area (Å²) in [6.45, 7) is -0.0398. The van der Waals surface area contributed by atoms with E-state index in [1.807, 2.05) is 0 Å². The van der Waals surface area contributed by atoms with Crippen molar-refractivity contribution in [3.05, 3.63) is 70.8 Å². The summed E-state index contributed by atoms with van der Waals surface area (Å²) >= 11 is 0. The molecule has 0 unspecified atom stereocenters. The molecule has 0 spiro atoms. The Bertz CT molecular complexity index is 867. The second kappa shape index (κ2) is 6.80. The van der Waals surface area contributed by atoms with Gasteiger partial charge in [-0.25, -0.2) is 8.78 Å². The zero-order chi connectivity index (χ0) is 18.0. The van der Waals surface area contributed by atoms with E-state index in [-0.39, 0.29) is 36.5 Å². The molecule has 3 rings (SSSR count). The van der Waals surface area contributed by atoms with Crippen molar-refractivity contribution >= 4 is 17.7 Å². The van der Waals surface area contributed by atoms with Crippen LogP contribution in [0.1, 0.15) is 26.3 Å². The fourth-order valence-corrected chi connectivity index (χ4v) is 2.70. The van der Waals surface area contributed by atoms with E-state index >= 15 is 0 Å². The maximum absolute atomic E-state index is 13.7. The molecule has 1 aliphatic rings. The van der Waals surface area contributed by atoms with Gasteiger partial charge >= 0.3 is 0 Å². The largest absolute Gasteiger partial charge is 0.354 e. The topological polar surface area (TPSA) is 66.5 Å². The van der Waals surface area contributed by atoms with Crippen molar-refractivity contribution in [1.82, 2.24) is 10.2 Å². The first-order valence-electron chi connectivity index (χ1n) is 7.63. The lowest BCUT2D eigenvalue weighted by molar-refractivity contribution is -0.120. The minimum absolute atomic E-state index is 0.0193. The lowest BCUT2D eigenvalue weighted by atomic mass is 10.1. The van der Waals surface area contributed by atoms with Gasteiger partial charge in [-0.3, -0.25) is 19.3 Å². The molecule has 0 atom stereocenters. The number of nitrogens with zero attached hydrogens (tertiary/aromatic N) is 1. The van der Waals surface area contributed by atoms with Crippen molar-refractivity contribution in [2.24, 2.45) is 0 Å². The van der Waals surface area contributed by atoms with Crippen LogP contribution in [-0.2, 0) is 11.2 Å². The summed E-state index contributed by atoms with van der Waals surface area (Å²) in [7, 11) is 0. The first kappa shape index (κ1) is 16.8. The van der Waals surface area contributed by atoms with Gasteiger partial charge in [0.2, 0.25) is 5.91 Å². The Morgan fingerprint density at radius 3 is 2.52 bits per heavy atom. The van der Waals surface area contributed by atoms with Crippen LogP contribution >= 0.6 is 0 Å². The fraction of sp³-hybridized carbons (Fsp3) is 0.167. The number of imide groups is 1. The van der Waals surface area contributed by atoms with E-state index in [0.29, 0.717) is 5.56 Å². The van der Waals surface area contributed by atoms with E-state index in [9.17, 15) is 23.2 Å². The Labute approximate surface area is 142 Å². The molecule has 128 valence electrons. The minimum atomic E-state index is -0.742. The lowest BCUT2D eigenvalue weighted by Crippen LogP contribution is -2.38. The Kier molecular flexibility index (Phi) is 4.56. The second-order valence-corrected chi connectivity index (χ2v) is 5.58. The monoisotopic (exact) mass is 344 g/mol. The van der Waals surface area contributed by atoms with Crippen LogP contribution in [0.15, 0.2) is 42.5 Å². The number of nitrogens with one attached hydrogen (secondary N) is 1. The van der Waals surface area contributed by atoms with Gasteiger partial charge < -0.3 is 5.32 Å². The molecule has 0 fully saturated rings. The summed E-state index contributed by atoms with van der Waals surface area (Å²) in [5.74, 6) is -2.84. The molecule has 0 bridgehead atoms. The first-order valence-corrected chi connectivity index (χ1v) is 7.63. The van der Waals surface area contributed by atoms with Crippen LogP contribution in [0.3, 0.4) is 0 Å². The highest BCUT2D eigenvalue weighted by Gasteiger charge is 2.37. The van der Waals surface area contributed by atoms with Crippen LogP contribution in [0.25, 0.3) is 0 Å². The molecule has 25 heavy (non-hydrogen) atoms. The van der Waals surface area contributed by atoms with Crippen LogP contribution in [0.2, 0.25) is 0 Å². The summed E-state index contributed by atoms with van der Waals surface area (Å²) in [6.07, 6.45) is -0.0193. The van der Waals surface area contributed by atoms with Crippen molar-refractivity contribution in [2.75, 3.05) is 13.1 Å². The average molecular weight is 344 g/mol. The van der Waals surface area contributed by atoms with Crippen LogP contribution < -0.4 is 5.32 Å². The smallest absolute Gasteiger partial charge is 0.264 e. The average Bonchev–Trinajstić information content (AvgIpc) is 2.81. The molecule has 0 saturated carbocycles. The highest BCUT2D eigenvalue weighted by Crippen LogP contribution is 2.24. The molecule has 0 aliphatic carbocycles. The van der Waals surface area contributed by atoms with Crippen LogP contribution in [0.5, 0.6) is 0 Å². The molecule has 0 aromatic heterocycles. The molecule has 5 nitrogen and oxygen atoms in total. The number of fused-ring (bicyclic) bond motifs is 1. The molecule has 1 aliphatic heterocycles. The maximum Gasteiger partial charge on any atom is 0.264 e. The van der Waals surface area contributed by atoms with Crippen molar-refractivity contribution in [1.29, 1.82) is 0 Å². The summed E-state index contributed by atoms with van der Waals surface area (Å²) < 4.78 is 26.8.